The van der Waals surface area contributed by atoms with E-state index < -0.39 is 17.5 Å². The largest absolute Gasteiger partial charge is 0.366 e. The molecule has 0 atom stereocenters. The Balaban J connectivity index is 3.35. The van der Waals surface area contributed by atoms with E-state index in [-0.39, 0.29) is 16.5 Å². The summed E-state index contributed by atoms with van der Waals surface area (Å²) in [7, 11) is 0. The highest BCUT2D eigenvalue weighted by Gasteiger charge is 2.15. The van der Waals surface area contributed by atoms with Gasteiger partial charge >= 0.3 is 0 Å². The molecule has 1 aromatic carbocycles. The number of halogens is 3. The van der Waals surface area contributed by atoms with Crippen LogP contribution in [0.3, 0.4) is 0 Å². The number of nitrogens with two attached hydrogens (primary N) is 1. The van der Waals surface area contributed by atoms with Crippen molar-refractivity contribution >= 4 is 21.8 Å². The standard InChI is InChI=1S/C8H6BrF2NO/c9-3-5-6(10)2-1-4(7(5)11)8(12)13/h1-2H,3H2,(H2,12,13). The fourth-order valence-corrected chi connectivity index (χ4v) is 1.42. The lowest BCUT2D eigenvalue weighted by Crippen LogP contribution is -2.14. The summed E-state index contributed by atoms with van der Waals surface area (Å²) in [5.41, 5.74) is 4.39. The van der Waals surface area contributed by atoms with E-state index >= 15 is 0 Å². The van der Waals surface area contributed by atoms with Gasteiger partial charge in [0.05, 0.1) is 5.56 Å². The summed E-state index contributed by atoms with van der Waals surface area (Å²) in [6.07, 6.45) is 0. The Bertz CT molecular complexity index is 354. The Labute approximate surface area is 81.9 Å². The van der Waals surface area contributed by atoms with Gasteiger partial charge in [0.25, 0.3) is 5.91 Å². The van der Waals surface area contributed by atoms with Crippen molar-refractivity contribution < 1.29 is 13.6 Å². The number of hydrogen-bond acceptors (Lipinski definition) is 1. The second-order valence-electron chi connectivity index (χ2n) is 2.39. The van der Waals surface area contributed by atoms with Crippen LogP contribution in [0.2, 0.25) is 0 Å². The van der Waals surface area contributed by atoms with E-state index in [1.54, 1.807) is 0 Å². The Morgan fingerprint density at radius 2 is 2.08 bits per heavy atom. The first-order chi connectivity index (χ1) is 6.07. The minimum absolute atomic E-state index is 0.00574. The molecule has 5 heteroatoms. The summed E-state index contributed by atoms with van der Waals surface area (Å²) in [5, 5.41) is 0.00574. The molecule has 0 spiro atoms. The molecule has 0 radical (unpaired) electrons. The molecule has 0 aliphatic rings. The Kier molecular flexibility index (Phi) is 2.98. The highest BCUT2D eigenvalue weighted by molar-refractivity contribution is 9.08. The molecule has 1 amide bonds. The normalized spacial score (nSPS) is 10.1. The van der Waals surface area contributed by atoms with Gasteiger partial charge in [-0.2, -0.15) is 0 Å². The highest BCUT2D eigenvalue weighted by atomic mass is 79.9. The molecule has 0 aliphatic heterocycles. The molecule has 0 saturated carbocycles. The monoisotopic (exact) mass is 249 g/mol. The SMILES string of the molecule is NC(=O)c1ccc(F)c(CBr)c1F. The molecule has 13 heavy (non-hydrogen) atoms. The zero-order valence-corrected chi connectivity index (χ0v) is 8.07. The number of rotatable bonds is 2. The van der Waals surface area contributed by atoms with Crippen LogP contribution >= 0.6 is 15.9 Å². The summed E-state index contributed by atoms with van der Waals surface area (Å²) in [6.45, 7) is 0. The van der Waals surface area contributed by atoms with Gasteiger partial charge in [0.15, 0.2) is 0 Å². The maximum atomic E-state index is 13.2. The molecule has 0 saturated heterocycles. The molecule has 0 fully saturated rings. The van der Waals surface area contributed by atoms with Crippen LogP contribution in [0.1, 0.15) is 15.9 Å². The van der Waals surface area contributed by atoms with E-state index in [1.807, 2.05) is 0 Å². The van der Waals surface area contributed by atoms with Gasteiger partial charge in [-0.1, -0.05) is 15.9 Å². The predicted molar refractivity (Wildman–Crippen MR) is 47.5 cm³/mol. The number of carbonyl (C=O) groups excluding carboxylic acids is 1. The van der Waals surface area contributed by atoms with E-state index in [9.17, 15) is 13.6 Å². The molecular weight excluding hydrogens is 244 g/mol. The molecule has 0 unspecified atom stereocenters. The van der Waals surface area contributed by atoms with Crippen molar-refractivity contribution in [1.82, 2.24) is 0 Å². The summed E-state index contributed by atoms with van der Waals surface area (Å²) >= 11 is 2.91. The third-order valence-electron chi connectivity index (χ3n) is 1.59. The van der Waals surface area contributed by atoms with Crippen LogP contribution in [-0.2, 0) is 5.33 Å². The van der Waals surface area contributed by atoms with Crippen molar-refractivity contribution in [1.29, 1.82) is 0 Å². The second-order valence-corrected chi connectivity index (χ2v) is 2.95. The third-order valence-corrected chi connectivity index (χ3v) is 2.15. The first kappa shape index (κ1) is 10.1. The minimum Gasteiger partial charge on any atom is -0.366 e. The first-order valence-electron chi connectivity index (χ1n) is 3.40. The van der Waals surface area contributed by atoms with Crippen molar-refractivity contribution in [2.45, 2.75) is 5.33 Å². The maximum Gasteiger partial charge on any atom is 0.251 e. The van der Waals surface area contributed by atoms with Gasteiger partial charge in [-0.3, -0.25) is 4.79 Å². The quantitative estimate of drug-likeness (QED) is 0.801. The van der Waals surface area contributed by atoms with Gasteiger partial charge in [-0.15, -0.1) is 0 Å². The van der Waals surface area contributed by atoms with Crippen LogP contribution in [0.4, 0.5) is 8.78 Å². The Morgan fingerprint density at radius 1 is 1.46 bits per heavy atom. The molecule has 0 heterocycles. The lowest BCUT2D eigenvalue weighted by molar-refractivity contribution is 0.0996. The van der Waals surface area contributed by atoms with E-state index in [0.717, 1.165) is 12.1 Å². The molecule has 1 aromatic rings. The van der Waals surface area contributed by atoms with Crippen molar-refractivity contribution in [3.05, 3.63) is 34.9 Å². The molecule has 0 bridgehead atoms. The topological polar surface area (TPSA) is 43.1 Å². The van der Waals surface area contributed by atoms with Crippen LogP contribution < -0.4 is 5.73 Å². The van der Waals surface area contributed by atoms with Crippen LogP contribution in [0, 0.1) is 11.6 Å². The van der Waals surface area contributed by atoms with Gasteiger partial charge in [-0.25, -0.2) is 8.78 Å². The zero-order valence-electron chi connectivity index (χ0n) is 6.48. The minimum atomic E-state index is -0.903. The summed E-state index contributed by atoms with van der Waals surface area (Å²) in [5.74, 6) is -2.50. The van der Waals surface area contributed by atoms with Gasteiger partial charge in [0, 0.05) is 10.9 Å². The van der Waals surface area contributed by atoms with Gasteiger partial charge in [0.2, 0.25) is 0 Å². The van der Waals surface area contributed by atoms with Crippen molar-refractivity contribution in [2.75, 3.05) is 0 Å². The predicted octanol–water partition coefficient (Wildman–Crippen LogP) is 1.96. The van der Waals surface area contributed by atoms with Crippen LogP contribution in [0.5, 0.6) is 0 Å². The molecule has 70 valence electrons. The molecule has 2 N–H and O–H groups in total. The number of carbonyl (C=O) groups is 1. The van der Waals surface area contributed by atoms with Crippen LogP contribution in [0.25, 0.3) is 0 Å². The van der Waals surface area contributed by atoms with E-state index in [1.165, 1.54) is 0 Å². The van der Waals surface area contributed by atoms with Crippen LogP contribution in [-0.4, -0.2) is 5.91 Å². The average Bonchev–Trinajstić information content (AvgIpc) is 2.04. The smallest absolute Gasteiger partial charge is 0.251 e. The highest BCUT2D eigenvalue weighted by Crippen LogP contribution is 2.18. The Morgan fingerprint density at radius 3 is 2.54 bits per heavy atom. The molecule has 0 aromatic heterocycles. The van der Waals surface area contributed by atoms with Gasteiger partial charge < -0.3 is 5.73 Å². The maximum absolute atomic E-state index is 13.2. The van der Waals surface area contributed by atoms with Crippen LogP contribution in [0.15, 0.2) is 12.1 Å². The summed E-state index contributed by atoms with van der Waals surface area (Å²) < 4.78 is 26.1. The second kappa shape index (κ2) is 3.83. The Hall–Kier alpha value is -0.970. The molecule has 2 nitrogen and oxygen atoms in total. The fourth-order valence-electron chi connectivity index (χ4n) is 0.910. The lowest BCUT2D eigenvalue weighted by atomic mass is 10.1. The summed E-state index contributed by atoms with van der Waals surface area (Å²) in [6, 6.07) is 2.04. The van der Waals surface area contributed by atoms with E-state index in [4.69, 9.17) is 5.73 Å². The zero-order chi connectivity index (χ0) is 10.0. The van der Waals surface area contributed by atoms with Gasteiger partial charge in [0.1, 0.15) is 11.6 Å². The first-order valence-corrected chi connectivity index (χ1v) is 4.52. The number of alkyl halides is 1. The lowest BCUT2D eigenvalue weighted by Gasteiger charge is -2.03. The summed E-state index contributed by atoms with van der Waals surface area (Å²) in [4.78, 5) is 10.6. The van der Waals surface area contributed by atoms with Gasteiger partial charge in [-0.05, 0) is 12.1 Å². The fraction of sp³-hybridized carbons (Fsp3) is 0.125. The van der Waals surface area contributed by atoms with E-state index in [2.05, 4.69) is 15.9 Å². The van der Waals surface area contributed by atoms with Crippen molar-refractivity contribution in [3.8, 4) is 0 Å². The molecule has 1 rings (SSSR count). The van der Waals surface area contributed by atoms with Crippen molar-refractivity contribution in [2.24, 2.45) is 5.73 Å². The third kappa shape index (κ3) is 1.85. The van der Waals surface area contributed by atoms with Crippen molar-refractivity contribution in [3.63, 3.8) is 0 Å². The molecular formula is C8H6BrF2NO. The number of amides is 1. The molecule has 0 aliphatic carbocycles. The number of hydrogen-bond donors (Lipinski definition) is 1. The average molecular weight is 250 g/mol. The number of benzene rings is 1. The van der Waals surface area contributed by atoms with E-state index in [0.29, 0.717) is 0 Å². The number of primary amides is 1.